The fraction of sp³-hybridized carbons (Fsp3) is 0.200. The highest BCUT2D eigenvalue weighted by atomic mass is 35.5. The molecule has 1 heterocycles. The van der Waals surface area contributed by atoms with Crippen LogP contribution in [0.5, 0.6) is 0 Å². The maximum atomic E-state index is 8.90. The molecule has 0 amide bonds. The lowest BCUT2D eigenvalue weighted by molar-refractivity contribution is 0.262. The molecule has 0 saturated carbocycles. The Morgan fingerprint density at radius 1 is 1.27 bits per heavy atom. The van der Waals surface area contributed by atoms with E-state index in [1.807, 2.05) is 0 Å². The third kappa shape index (κ3) is 1.93. The van der Waals surface area contributed by atoms with Crippen LogP contribution in [-0.4, -0.2) is 15.1 Å². The van der Waals surface area contributed by atoms with E-state index in [1.165, 1.54) is 6.33 Å². The quantitative estimate of drug-likeness (QED) is 0.573. The molecule has 6 heteroatoms. The first-order valence-electron chi connectivity index (χ1n) is 2.61. The van der Waals surface area contributed by atoms with Gasteiger partial charge in [0, 0.05) is 0 Å². The summed E-state index contributed by atoms with van der Waals surface area (Å²) in [6.45, 7) is 0. The van der Waals surface area contributed by atoms with Gasteiger partial charge in [-0.15, -0.1) is 0 Å². The number of nitrogens with zero attached hydrogens (tertiary/aromatic N) is 2. The number of hydrogen-bond acceptors (Lipinski definition) is 3. The second-order valence-corrected chi connectivity index (χ2v) is 2.83. The molecule has 1 N–H and O–H groups in total. The molecule has 1 rings (SSSR count). The maximum Gasteiger partial charge on any atom is 0.159 e. The van der Waals surface area contributed by atoms with E-state index in [0.29, 0.717) is 0 Å². The molecule has 1 unspecified atom stereocenters. The van der Waals surface area contributed by atoms with Gasteiger partial charge in [0.05, 0.1) is 5.56 Å². The molecule has 11 heavy (non-hydrogen) atoms. The zero-order valence-electron chi connectivity index (χ0n) is 5.13. The van der Waals surface area contributed by atoms with Crippen LogP contribution in [0.1, 0.15) is 11.1 Å². The third-order valence-corrected chi connectivity index (χ3v) is 1.85. The number of hydrogen-bond donors (Lipinski definition) is 1. The van der Waals surface area contributed by atoms with Gasteiger partial charge in [-0.1, -0.05) is 34.8 Å². The number of halogens is 3. The highest BCUT2D eigenvalue weighted by Gasteiger charge is 2.14. The topological polar surface area (TPSA) is 46.0 Å². The van der Waals surface area contributed by atoms with E-state index in [0.717, 1.165) is 0 Å². The van der Waals surface area contributed by atoms with Crippen molar-refractivity contribution in [3.05, 3.63) is 22.2 Å². The van der Waals surface area contributed by atoms with E-state index < -0.39 is 5.56 Å². The fourth-order valence-electron chi connectivity index (χ4n) is 0.551. The molecular formula is C5H3Cl3N2O. The SMILES string of the molecule is OC(Cl)c1c(Cl)ncnc1Cl. The first kappa shape index (κ1) is 9.00. The molecule has 3 nitrogen and oxygen atoms in total. The second kappa shape index (κ2) is 3.54. The number of aromatic nitrogens is 2. The van der Waals surface area contributed by atoms with Crippen molar-refractivity contribution in [3.8, 4) is 0 Å². The summed E-state index contributed by atoms with van der Waals surface area (Å²) >= 11 is 16.4. The van der Waals surface area contributed by atoms with Gasteiger partial charge >= 0.3 is 0 Å². The molecule has 0 bridgehead atoms. The monoisotopic (exact) mass is 212 g/mol. The lowest BCUT2D eigenvalue weighted by Crippen LogP contribution is -1.95. The van der Waals surface area contributed by atoms with Crippen molar-refractivity contribution < 1.29 is 5.11 Å². The second-order valence-electron chi connectivity index (χ2n) is 1.70. The van der Waals surface area contributed by atoms with Gasteiger partial charge in [-0.2, -0.15) is 0 Å². The summed E-state index contributed by atoms with van der Waals surface area (Å²) in [6.07, 6.45) is 1.19. The van der Waals surface area contributed by atoms with E-state index in [9.17, 15) is 0 Å². The molecule has 60 valence electrons. The molecule has 0 aliphatic rings. The summed E-state index contributed by atoms with van der Waals surface area (Å²) < 4.78 is 0. The highest BCUT2D eigenvalue weighted by molar-refractivity contribution is 6.36. The van der Waals surface area contributed by atoms with Crippen molar-refractivity contribution in [2.24, 2.45) is 0 Å². The lowest BCUT2D eigenvalue weighted by Gasteiger charge is -2.04. The molecular weight excluding hydrogens is 210 g/mol. The molecule has 0 radical (unpaired) electrons. The molecule has 1 aromatic rings. The Hall–Kier alpha value is -0.0900. The average molecular weight is 213 g/mol. The van der Waals surface area contributed by atoms with Crippen LogP contribution in [0, 0.1) is 0 Å². The standard InChI is InChI=1S/C5H3Cl3N2O/c6-3-2(5(8)11)4(7)10-1-9-3/h1,5,11H. The predicted octanol–water partition coefficient (Wildman–Crippen LogP) is 2.01. The van der Waals surface area contributed by atoms with Gasteiger partial charge in [0.2, 0.25) is 0 Å². The molecule has 0 aromatic carbocycles. The van der Waals surface area contributed by atoms with Gasteiger partial charge in [0.15, 0.2) is 5.56 Å². The molecule has 1 atom stereocenters. The maximum absolute atomic E-state index is 8.90. The molecule has 0 saturated heterocycles. The van der Waals surface area contributed by atoms with Gasteiger partial charge in [-0.3, -0.25) is 0 Å². The molecule has 0 aliphatic carbocycles. The van der Waals surface area contributed by atoms with Crippen molar-refractivity contribution in [3.63, 3.8) is 0 Å². The molecule has 1 aromatic heterocycles. The summed E-state index contributed by atoms with van der Waals surface area (Å²) in [5.41, 5.74) is -1.13. The van der Waals surface area contributed by atoms with Crippen LogP contribution >= 0.6 is 34.8 Å². The molecule has 0 spiro atoms. The van der Waals surface area contributed by atoms with E-state index in [-0.39, 0.29) is 15.9 Å². The van der Waals surface area contributed by atoms with E-state index in [4.69, 9.17) is 39.9 Å². The summed E-state index contributed by atoms with van der Waals surface area (Å²) in [5, 5.41) is 9.03. The van der Waals surface area contributed by atoms with Gasteiger partial charge in [-0.05, 0) is 0 Å². The number of rotatable bonds is 1. The first-order valence-corrected chi connectivity index (χ1v) is 3.80. The zero-order valence-corrected chi connectivity index (χ0v) is 7.40. The number of alkyl halides is 1. The average Bonchev–Trinajstić information content (AvgIpc) is 1.85. The van der Waals surface area contributed by atoms with Gasteiger partial charge in [0.1, 0.15) is 16.6 Å². The van der Waals surface area contributed by atoms with Crippen LogP contribution in [0.2, 0.25) is 10.3 Å². The summed E-state index contributed by atoms with van der Waals surface area (Å²) in [7, 11) is 0. The Morgan fingerprint density at radius 3 is 2.00 bits per heavy atom. The Balaban J connectivity index is 3.21. The first-order chi connectivity index (χ1) is 5.13. The minimum atomic E-state index is -1.27. The van der Waals surface area contributed by atoms with Gasteiger partial charge in [0.25, 0.3) is 0 Å². The van der Waals surface area contributed by atoms with Gasteiger partial charge in [-0.25, -0.2) is 9.97 Å². The minimum Gasteiger partial charge on any atom is -0.373 e. The van der Waals surface area contributed by atoms with Crippen LogP contribution in [0.15, 0.2) is 6.33 Å². The predicted molar refractivity (Wildman–Crippen MR) is 42.9 cm³/mol. The van der Waals surface area contributed by atoms with Crippen LogP contribution in [-0.2, 0) is 0 Å². The van der Waals surface area contributed by atoms with E-state index in [2.05, 4.69) is 9.97 Å². The van der Waals surface area contributed by atoms with Crippen molar-refractivity contribution in [2.75, 3.05) is 0 Å². The third-order valence-electron chi connectivity index (χ3n) is 1.02. The summed E-state index contributed by atoms with van der Waals surface area (Å²) in [4.78, 5) is 7.17. The van der Waals surface area contributed by atoms with Gasteiger partial charge < -0.3 is 5.11 Å². The zero-order chi connectivity index (χ0) is 8.43. The molecule has 0 aliphatic heterocycles. The number of aliphatic hydroxyl groups excluding tert-OH is 1. The normalized spacial score (nSPS) is 13.1. The van der Waals surface area contributed by atoms with Crippen molar-refractivity contribution in [2.45, 2.75) is 5.56 Å². The fourth-order valence-corrected chi connectivity index (χ4v) is 1.39. The number of aliphatic hydroxyl groups is 1. The Bertz CT molecular complexity index is 246. The Morgan fingerprint density at radius 2 is 1.73 bits per heavy atom. The summed E-state index contributed by atoms with van der Waals surface area (Å²) in [6, 6.07) is 0. The summed E-state index contributed by atoms with van der Waals surface area (Å²) in [5.74, 6) is 0. The van der Waals surface area contributed by atoms with Crippen molar-refractivity contribution >= 4 is 34.8 Å². The van der Waals surface area contributed by atoms with Crippen LogP contribution in [0.3, 0.4) is 0 Å². The smallest absolute Gasteiger partial charge is 0.159 e. The van der Waals surface area contributed by atoms with Crippen LogP contribution in [0.25, 0.3) is 0 Å². The Kier molecular flexibility index (Phi) is 2.90. The largest absolute Gasteiger partial charge is 0.373 e. The minimum absolute atomic E-state index is 0.0625. The van der Waals surface area contributed by atoms with E-state index >= 15 is 0 Å². The lowest BCUT2D eigenvalue weighted by atomic mass is 10.4. The van der Waals surface area contributed by atoms with Crippen LogP contribution < -0.4 is 0 Å². The van der Waals surface area contributed by atoms with Crippen molar-refractivity contribution in [1.82, 2.24) is 9.97 Å². The van der Waals surface area contributed by atoms with Crippen LogP contribution in [0.4, 0.5) is 0 Å². The molecule has 0 fully saturated rings. The van der Waals surface area contributed by atoms with E-state index in [1.54, 1.807) is 0 Å². The Labute approximate surface area is 77.9 Å². The van der Waals surface area contributed by atoms with Crippen molar-refractivity contribution in [1.29, 1.82) is 0 Å². The highest BCUT2D eigenvalue weighted by Crippen LogP contribution is 2.28.